The molecular formula is C14H20N2O2. The topological polar surface area (TPSA) is 67.8 Å². The monoisotopic (exact) mass is 248 g/mol. The lowest BCUT2D eigenvalue weighted by atomic mass is 9.90. The third-order valence-electron chi connectivity index (χ3n) is 3.45. The van der Waals surface area contributed by atoms with Gasteiger partial charge in [-0.05, 0) is 30.9 Å². The predicted molar refractivity (Wildman–Crippen MR) is 71.0 cm³/mol. The average Bonchev–Trinajstić information content (AvgIpc) is 2.45. The molecule has 0 spiro atoms. The number of nitrogens with zero attached hydrogens (tertiary/aromatic N) is 1. The van der Waals surface area contributed by atoms with Gasteiger partial charge in [0, 0.05) is 5.56 Å². The van der Waals surface area contributed by atoms with Gasteiger partial charge in [0.25, 0.3) is 0 Å². The highest BCUT2D eigenvalue weighted by atomic mass is 16.5. The van der Waals surface area contributed by atoms with Crippen LogP contribution in [-0.4, -0.2) is 17.6 Å². The summed E-state index contributed by atoms with van der Waals surface area (Å²) in [5, 5.41) is 11.6. The van der Waals surface area contributed by atoms with E-state index in [2.05, 4.69) is 5.16 Å². The summed E-state index contributed by atoms with van der Waals surface area (Å²) in [4.78, 5) is 0. The molecule has 4 nitrogen and oxygen atoms in total. The number of hydrogen-bond donors (Lipinski definition) is 2. The van der Waals surface area contributed by atoms with Crippen LogP contribution in [0.1, 0.15) is 37.7 Å². The van der Waals surface area contributed by atoms with Crippen molar-refractivity contribution in [1.29, 1.82) is 0 Å². The summed E-state index contributed by atoms with van der Waals surface area (Å²) >= 11 is 0. The van der Waals surface area contributed by atoms with Gasteiger partial charge in [-0.15, -0.1) is 0 Å². The second-order valence-corrected chi connectivity index (χ2v) is 4.83. The molecule has 18 heavy (non-hydrogen) atoms. The molecule has 1 aromatic rings. The molecule has 0 aromatic heterocycles. The zero-order valence-corrected chi connectivity index (χ0v) is 10.5. The first-order valence-corrected chi connectivity index (χ1v) is 6.50. The Morgan fingerprint density at radius 2 is 2.11 bits per heavy atom. The van der Waals surface area contributed by atoms with Crippen molar-refractivity contribution >= 4 is 5.84 Å². The van der Waals surface area contributed by atoms with Gasteiger partial charge in [0.05, 0.1) is 6.61 Å². The maximum atomic E-state index is 8.64. The van der Waals surface area contributed by atoms with E-state index in [1.54, 1.807) is 12.1 Å². The molecule has 3 N–H and O–H groups in total. The van der Waals surface area contributed by atoms with E-state index in [-0.39, 0.29) is 5.84 Å². The molecule has 0 aliphatic heterocycles. The Morgan fingerprint density at radius 3 is 2.83 bits per heavy atom. The third-order valence-corrected chi connectivity index (χ3v) is 3.45. The van der Waals surface area contributed by atoms with Crippen molar-refractivity contribution in [1.82, 2.24) is 0 Å². The lowest BCUT2D eigenvalue weighted by molar-refractivity contribution is 0.209. The number of amidine groups is 1. The second kappa shape index (κ2) is 6.28. The van der Waals surface area contributed by atoms with Crippen molar-refractivity contribution in [2.45, 2.75) is 32.1 Å². The van der Waals surface area contributed by atoms with Crippen LogP contribution in [0, 0.1) is 5.92 Å². The average molecular weight is 248 g/mol. The number of oxime groups is 1. The van der Waals surface area contributed by atoms with Crippen LogP contribution in [0.2, 0.25) is 0 Å². The van der Waals surface area contributed by atoms with Crippen molar-refractivity contribution < 1.29 is 9.94 Å². The molecule has 2 rings (SSSR count). The van der Waals surface area contributed by atoms with Gasteiger partial charge in [-0.25, -0.2) is 0 Å². The fraction of sp³-hybridized carbons (Fsp3) is 0.500. The second-order valence-electron chi connectivity index (χ2n) is 4.83. The quantitative estimate of drug-likeness (QED) is 0.372. The number of ether oxygens (including phenoxy) is 1. The van der Waals surface area contributed by atoms with E-state index in [4.69, 9.17) is 15.7 Å². The minimum absolute atomic E-state index is 0.109. The fourth-order valence-corrected chi connectivity index (χ4v) is 2.37. The van der Waals surface area contributed by atoms with Gasteiger partial charge < -0.3 is 15.7 Å². The lowest BCUT2D eigenvalue weighted by Gasteiger charge is -2.21. The van der Waals surface area contributed by atoms with E-state index in [0.717, 1.165) is 12.4 Å². The number of hydrogen-bond acceptors (Lipinski definition) is 3. The smallest absolute Gasteiger partial charge is 0.170 e. The number of rotatable bonds is 4. The van der Waals surface area contributed by atoms with E-state index in [0.29, 0.717) is 11.5 Å². The molecule has 1 aromatic carbocycles. The molecular weight excluding hydrogens is 228 g/mol. The molecule has 0 bridgehead atoms. The molecule has 0 unspecified atom stereocenters. The van der Waals surface area contributed by atoms with E-state index >= 15 is 0 Å². The molecule has 1 saturated carbocycles. The van der Waals surface area contributed by atoms with Gasteiger partial charge in [-0.2, -0.15) is 0 Å². The Hall–Kier alpha value is -1.71. The first-order chi connectivity index (χ1) is 8.79. The molecule has 0 amide bonds. The van der Waals surface area contributed by atoms with E-state index in [1.165, 1.54) is 32.1 Å². The summed E-state index contributed by atoms with van der Waals surface area (Å²) in [5.41, 5.74) is 6.23. The van der Waals surface area contributed by atoms with Crippen LogP contribution in [0.4, 0.5) is 0 Å². The highest BCUT2D eigenvalue weighted by molar-refractivity contribution is 5.97. The highest BCUT2D eigenvalue weighted by Crippen LogP contribution is 2.24. The largest absolute Gasteiger partial charge is 0.493 e. The third kappa shape index (κ3) is 3.39. The Morgan fingerprint density at radius 1 is 1.33 bits per heavy atom. The van der Waals surface area contributed by atoms with Crippen molar-refractivity contribution in [2.75, 3.05) is 6.61 Å². The maximum Gasteiger partial charge on any atom is 0.170 e. The zero-order valence-electron chi connectivity index (χ0n) is 10.5. The van der Waals surface area contributed by atoms with Crippen LogP contribution in [-0.2, 0) is 0 Å². The van der Waals surface area contributed by atoms with Crippen LogP contribution in [0.5, 0.6) is 5.75 Å². The van der Waals surface area contributed by atoms with Crippen LogP contribution in [0.3, 0.4) is 0 Å². The van der Waals surface area contributed by atoms with E-state index in [9.17, 15) is 0 Å². The molecule has 1 aliphatic carbocycles. The summed E-state index contributed by atoms with van der Waals surface area (Å²) in [5.74, 6) is 1.56. The molecule has 0 radical (unpaired) electrons. The van der Waals surface area contributed by atoms with Gasteiger partial charge >= 0.3 is 0 Å². The number of benzene rings is 1. The molecule has 1 aliphatic rings. The van der Waals surface area contributed by atoms with Gasteiger partial charge in [0.15, 0.2) is 5.84 Å². The van der Waals surface area contributed by atoms with Gasteiger partial charge in [0.1, 0.15) is 5.75 Å². The van der Waals surface area contributed by atoms with Crippen LogP contribution in [0.15, 0.2) is 29.4 Å². The summed E-state index contributed by atoms with van der Waals surface area (Å²) in [7, 11) is 0. The first-order valence-electron chi connectivity index (χ1n) is 6.50. The SMILES string of the molecule is NC(=NO)c1cccc(OCC2CCCCC2)c1. The minimum atomic E-state index is 0.109. The Bertz CT molecular complexity index is 412. The van der Waals surface area contributed by atoms with Crippen LogP contribution in [0.25, 0.3) is 0 Å². The zero-order chi connectivity index (χ0) is 12.8. The first kappa shape index (κ1) is 12.7. The van der Waals surface area contributed by atoms with Gasteiger partial charge in [0.2, 0.25) is 0 Å². The normalized spacial score (nSPS) is 17.7. The Balaban J connectivity index is 1.92. The molecule has 0 saturated heterocycles. The molecule has 98 valence electrons. The fourth-order valence-electron chi connectivity index (χ4n) is 2.37. The van der Waals surface area contributed by atoms with E-state index < -0.39 is 0 Å². The lowest BCUT2D eigenvalue weighted by Crippen LogP contribution is -2.16. The standard InChI is InChI=1S/C14H20N2O2/c15-14(16-17)12-7-4-8-13(9-12)18-10-11-5-2-1-3-6-11/h4,7-9,11,17H,1-3,5-6,10H2,(H2,15,16). The van der Waals surface area contributed by atoms with Crippen molar-refractivity contribution in [2.24, 2.45) is 16.8 Å². The summed E-state index contributed by atoms with van der Waals surface area (Å²) < 4.78 is 5.79. The van der Waals surface area contributed by atoms with Crippen molar-refractivity contribution in [3.05, 3.63) is 29.8 Å². The molecule has 1 fully saturated rings. The maximum absolute atomic E-state index is 8.64. The summed E-state index contributed by atoms with van der Waals surface area (Å²) in [6, 6.07) is 7.35. The molecule has 4 heteroatoms. The van der Waals surface area contributed by atoms with E-state index in [1.807, 2.05) is 12.1 Å². The molecule has 0 atom stereocenters. The number of nitrogens with two attached hydrogens (primary N) is 1. The Labute approximate surface area is 107 Å². The summed E-state index contributed by atoms with van der Waals surface area (Å²) in [6.45, 7) is 0.764. The molecule has 0 heterocycles. The highest BCUT2D eigenvalue weighted by Gasteiger charge is 2.14. The van der Waals surface area contributed by atoms with Crippen molar-refractivity contribution in [3.8, 4) is 5.75 Å². The van der Waals surface area contributed by atoms with Gasteiger partial charge in [-0.1, -0.05) is 36.6 Å². The Kier molecular flexibility index (Phi) is 4.45. The van der Waals surface area contributed by atoms with Gasteiger partial charge in [-0.3, -0.25) is 0 Å². The summed E-state index contributed by atoms with van der Waals surface area (Å²) in [6.07, 6.45) is 6.52. The van der Waals surface area contributed by atoms with Crippen molar-refractivity contribution in [3.63, 3.8) is 0 Å². The predicted octanol–water partition coefficient (Wildman–Crippen LogP) is 2.74. The van der Waals surface area contributed by atoms with Crippen LogP contribution < -0.4 is 10.5 Å². The minimum Gasteiger partial charge on any atom is -0.493 e. The van der Waals surface area contributed by atoms with Crippen LogP contribution >= 0.6 is 0 Å².